The Kier molecular flexibility index (Phi) is 5.87. The van der Waals surface area contributed by atoms with Crippen LogP contribution in [0.4, 0.5) is 4.39 Å². The smallest absolute Gasteiger partial charge is 0.219 e. The summed E-state index contributed by atoms with van der Waals surface area (Å²) < 4.78 is 18.8. The van der Waals surface area contributed by atoms with E-state index in [1.54, 1.807) is 25.3 Å². The molecule has 134 valence electrons. The molecule has 1 aromatic carbocycles. The fourth-order valence-corrected chi connectivity index (χ4v) is 3.46. The van der Waals surface area contributed by atoms with Crippen molar-refractivity contribution in [2.75, 3.05) is 19.6 Å². The van der Waals surface area contributed by atoms with E-state index in [9.17, 15) is 9.18 Å². The normalized spacial score (nSPS) is 16.8. The number of nitrogens with zero attached hydrogens (tertiary/aromatic N) is 1. The zero-order valence-corrected chi connectivity index (χ0v) is 14.6. The third kappa shape index (κ3) is 4.69. The molecule has 3 rings (SSSR count). The van der Waals surface area contributed by atoms with Crippen molar-refractivity contribution in [3.8, 4) is 0 Å². The van der Waals surface area contributed by atoms with Gasteiger partial charge < -0.3 is 14.6 Å². The lowest BCUT2D eigenvalue weighted by Gasteiger charge is -2.31. The lowest BCUT2D eigenvalue weighted by atomic mass is 9.93. The maximum absolute atomic E-state index is 13.2. The van der Waals surface area contributed by atoms with Gasteiger partial charge in [-0.05, 0) is 61.6 Å². The number of rotatable bonds is 6. The Hall–Kier alpha value is -2.14. The first-order valence-electron chi connectivity index (χ1n) is 8.91. The first kappa shape index (κ1) is 17.7. The summed E-state index contributed by atoms with van der Waals surface area (Å²) in [5.41, 5.74) is 0.989. The highest BCUT2D eigenvalue weighted by Crippen LogP contribution is 2.24. The molecule has 0 aliphatic carbocycles. The van der Waals surface area contributed by atoms with Crippen molar-refractivity contribution in [2.24, 2.45) is 5.92 Å². The monoisotopic (exact) mass is 344 g/mol. The quantitative estimate of drug-likeness (QED) is 0.868. The SMILES string of the molecule is CC(=O)N1CCC(CCNC(c2ccc(F)cc2)c2ccco2)CC1. The number of nitrogens with one attached hydrogen (secondary N) is 1. The summed E-state index contributed by atoms with van der Waals surface area (Å²) in [5.74, 6) is 1.40. The average Bonchev–Trinajstić information content (AvgIpc) is 3.14. The molecule has 0 bridgehead atoms. The zero-order valence-electron chi connectivity index (χ0n) is 14.6. The van der Waals surface area contributed by atoms with E-state index in [1.807, 2.05) is 17.0 Å². The maximum atomic E-state index is 13.2. The lowest BCUT2D eigenvalue weighted by Crippen LogP contribution is -2.37. The van der Waals surface area contributed by atoms with Crippen molar-refractivity contribution in [2.45, 2.75) is 32.2 Å². The van der Waals surface area contributed by atoms with Gasteiger partial charge in [0.1, 0.15) is 11.6 Å². The predicted molar refractivity (Wildman–Crippen MR) is 94.5 cm³/mol. The van der Waals surface area contributed by atoms with Crippen LogP contribution in [0.15, 0.2) is 47.1 Å². The van der Waals surface area contributed by atoms with Crippen LogP contribution in [0, 0.1) is 11.7 Å². The molecule has 1 aliphatic heterocycles. The van der Waals surface area contributed by atoms with E-state index in [1.165, 1.54) is 12.1 Å². The molecule has 4 nitrogen and oxygen atoms in total. The van der Waals surface area contributed by atoms with Crippen LogP contribution in [0.3, 0.4) is 0 Å². The summed E-state index contributed by atoms with van der Waals surface area (Å²) in [6, 6.07) is 10.3. The first-order valence-corrected chi connectivity index (χ1v) is 8.91. The van der Waals surface area contributed by atoms with E-state index in [4.69, 9.17) is 4.42 Å². The second kappa shape index (κ2) is 8.30. The minimum Gasteiger partial charge on any atom is -0.467 e. The number of amides is 1. The van der Waals surface area contributed by atoms with Gasteiger partial charge in [-0.1, -0.05) is 12.1 Å². The number of carbonyl (C=O) groups excluding carboxylic acids is 1. The molecule has 1 aromatic heterocycles. The van der Waals surface area contributed by atoms with Crippen LogP contribution in [0.1, 0.15) is 43.6 Å². The molecule has 1 aliphatic rings. The maximum Gasteiger partial charge on any atom is 0.219 e. The molecule has 1 saturated heterocycles. The summed E-state index contributed by atoms with van der Waals surface area (Å²) >= 11 is 0. The van der Waals surface area contributed by atoms with Crippen molar-refractivity contribution in [1.29, 1.82) is 0 Å². The highest BCUT2D eigenvalue weighted by Gasteiger charge is 2.21. The average molecular weight is 344 g/mol. The highest BCUT2D eigenvalue weighted by molar-refractivity contribution is 5.73. The number of carbonyl (C=O) groups is 1. The molecule has 0 radical (unpaired) electrons. The van der Waals surface area contributed by atoms with Crippen LogP contribution in [-0.2, 0) is 4.79 Å². The van der Waals surface area contributed by atoms with Crippen LogP contribution in [0.25, 0.3) is 0 Å². The Morgan fingerprint density at radius 3 is 2.60 bits per heavy atom. The number of hydrogen-bond acceptors (Lipinski definition) is 3. The second-order valence-corrected chi connectivity index (χ2v) is 6.69. The van der Waals surface area contributed by atoms with Gasteiger partial charge in [-0.25, -0.2) is 4.39 Å². The molecule has 1 unspecified atom stereocenters. The summed E-state index contributed by atoms with van der Waals surface area (Å²) in [6.07, 6.45) is 4.83. The molecule has 1 atom stereocenters. The highest BCUT2D eigenvalue weighted by atomic mass is 19.1. The summed E-state index contributed by atoms with van der Waals surface area (Å²) in [6.45, 7) is 4.21. The van der Waals surface area contributed by atoms with Gasteiger partial charge in [0.05, 0.1) is 12.3 Å². The molecule has 1 N–H and O–H groups in total. The van der Waals surface area contributed by atoms with Crippen LogP contribution < -0.4 is 5.32 Å². The molecule has 0 saturated carbocycles. The van der Waals surface area contributed by atoms with Gasteiger partial charge in [-0.15, -0.1) is 0 Å². The van der Waals surface area contributed by atoms with Crippen molar-refractivity contribution < 1.29 is 13.6 Å². The van der Waals surface area contributed by atoms with Crippen LogP contribution in [0.2, 0.25) is 0 Å². The molecular weight excluding hydrogens is 319 g/mol. The molecule has 1 amide bonds. The third-order valence-corrected chi connectivity index (χ3v) is 4.99. The van der Waals surface area contributed by atoms with Gasteiger partial charge in [0, 0.05) is 20.0 Å². The van der Waals surface area contributed by atoms with E-state index in [-0.39, 0.29) is 17.8 Å². The zero-order chi connectivity index (χ0) is 17.6. The molecule has 2 heterocycles. The van der Waals surface area contributed by atoms with Crippen molar-refractivity contribution in [1.82, 2.24) is 10.2 Å². The Labute approximate surface area is 148 Å². The Morgan fingerprint density at radius 1 is 1.28 bits per heavy atom. The van der Waals surface area contributed by atoms with Crippen LogP contribution in [0.5, 0.6) is 0 Å². The number of piperidine rings is 1. The summed E-state index contributed by atoms with van der Waals surface area (Å²) in [4.78, 5) is 13.3. The topological polar surface area (TPSA) is 45.5 Å². The van der Waals surface area contributed by atoms with E-state index in [0.29, 0.717) is 5.92 Å². The van der Waals surface area contributed by atoms with Gasteiger partial charge in [-0.2, -0.15) is 0 Å². The van der Waals surface area contributed by atoms with E-state index in [0.717, 1.165) is 50.2 Å². The van der Waals surface area contributed by atoms with E-state index < -0.39 is 0 Å². The molecule has 25 heavy (non-hydrogen) atoms. The van der Waals surface area contributed by atoms with Crippen molar-refractivity contribution in [3.05, 3.63) is 59.8 Å². The molecule has 5 heteroatoms. The van der Waals surface area contributed by atoms with Gasteiger partial charge in [-0.3, -0.25) is 4.79 Å². The predicted octanol–water partition coefficient (Wildman–Crippen LogP) is 3.75. The van der Waals surface area contributed by atoms with Crippen LogP contribution in [-0.4, -0.2) is 30.4 Å². The minimum atomic E-state index is -0.237. The fourth-order valence-electron chi connectivity index (χ4n) is 3.46. The standard InChI is InChI=1S/C20H25FN2O2/c1-15(24)23-12-9-16(10-13-23)8-11-22-20(19-3-2-14-25-19)17-4-6-18(21)7-5-17/h2-7,14,16,20,22H,8-13H2,1H3. The third-order valence-electron chi connectivity index (χ3n) is 4.99. The Bertz CT molecular complexity index is 662. The lowest BCUT2D eigenvalue weighted by molar-refractivity contribution is -0.130. The molecule has 2 aromatic rings. The second-order valence-electron chi connectivity index (χ2n) is 6.69. The number of hydrogen-bond donors (Lipinski definition) is 1. The van der Waals surface area contributed by atoms with E-state index >= 15 is 0 Å². The van der Waals surface area contributed by atoms with Gasteiger partial charge in [0.15, 0.2) is 0 Å². The Balaban J connectivity index is 1.55. The van der Waals surface area contributed by atoms with Gasteiger partial charge >= 0.3 is 0 Å². The number of likely N-dealkylation sites (tertiary alicyclic amines) is 1. The fraction of sp³-hybridized carbons (Fsp3) is 0.450. The summed E-state index contributed by atoms with van der Waals surface area (Å²) in [7, 11) is 0. The van der Waals surface area contributed by atoms with Crippen molar-refractivity contribution >= 4 is 5.91 Å². The minimum absolute atomic E-state index is 0.0760. The van der Waals surface area contributed by atoms with Crippen molar-refractivity contribution in [3.63, 3.8) is 0 Å². The van der Waals surface area contributed by atoms with Gasteiger partial charge in [0.2, 0.25) is 5.91 Å². The number of furan rings is 1. The Morgan fingerprint density at radius 2 is 2.00 bits per heavy atom. The number of halogens is 1. The summed E-state index contributed by atoms with van der Waals surface area (Å²) in [5, 5.41) is 3.54. The molecular formula is C20H25FN2O2. The number of benzene rings is 1. The van der Waals surface area contributed by atoms with E-state index in [2.05, 4.69) is 5.32 Å². The molecule has 1 fully saturated rings. The molecule has 0 spiro atoms. The van der Waals surface area contributed by atoms with Gasteiger partial charge in [0.25, 0.3) is 0 Å². The largest absolute Gasteiger partial charge is 0.467 e. The first-order chi connectivity index (χ1) is 12.1. The van der Waals surface area contributed by atoms with Crippen LogP contribution >= 0.6 is 0 Å².